The monoisotopic (exact) mass is 357 g/mol. The average molecular weight is 357 g/mol. The van der Waals surface area contributed by atoms with Crippen molar-refractivity contribution in [3.63, 3.8) is 0 Å². The van der Waals surface area contributed by atoms with Gasteiger partial charge in [0.1, 0.15) is 6.33 Å². The SMILES string of the molecule is COC1(O)C=CC(c2ccccc2-c2ncnc(-c3ccccc3)n2)=CC1. The van der Waals surface area contributed by atoms with E-state index in [1.165, 1.54) is 13.4 Å². The van der Waals surface area contributed by atoms with E-state index in [9.17, 15) is 5.11 Å². The zero-order chi connectivity index (χ0) is 18.7. The second-order valence-corrected chi connectivity index (χ2v) is 6.29. The van der Waals surface area contributed by atoms with Gasteiger partial charge in [0, 0.05) is 24.7 Å². The van der Waals surface area contributed by atoms with Crippen molar-refractivity contribution in [2.75, 3.05) is 7.11 Å². The third-order valence-corrected chi connectivity index (χ3v) is 4.57. The Morgan fingerprint density at radius 2 is 1.63 bits per heavy atom. The van der Waals surface area contributed by atoms with E-state index in [1.807, 2.05) is 66.7 Å². The minimum atomic E-state index is -1.24. The van der Waals surface area contributed by atoms with Gasteiger partial charge in [-0.2, -0.15) is 0 Å². The van der Waals surface area contributed by atoms with Crippen LogP contribution in [-0.4, -0.2) is 33.0 Å². The molecule has 1 atom stereocenters. The van der Waals surface area contributed by atoms with Gasteiger partial charge in [-0.05, 0) is 17.2 Å². The average Bonchev–Trinajstić information content (AvgIpc) is 2.75. The molecule has 0 radical (unpaired) electrons. The van der Waals surface area contributed by atoms with Crippen LogP contribution in [0.25, 0.3) is 28.3 Å². The first-order valence-electron chi connectivity index (χ1n) is 8.70. The lowest BCUT2D eigenvalue weighted by Crippen LogP contribution is -2.28. The Morgan fingerprint density at radius 1 is 0.926 bits per heavy atom. The van der Waals surface area contributed by atoms with Crippen molar-refractivity contribution in [2.24, 2.45) is 0 Å². The summed E-state index contributed by atoms with van der Waals surface area (Å²) in [7, 11) is 1.49. The third-order valence-electron chi connectivity index (χ3n) is 4.57. The Labute approximate surface area is 157 Å². The van der Waals surface area contributed by atoms with Crippen LogP contribution < -0.4 is 0 Å². The molecule has 0 amide bonds. The van der Waals surface area contributed by atoms with E-state index in [4.69, 9.17) is 4.74 Å². The summed E-state index contributed by atoms with van der Waals surface area (Å²) in [5.74, 6) is 0.00480. The molecule has 5 nitrogen and oxygen atoms in total. The first-order chi connectivity index (χ1) is 13.2. The van der Waals surface area contributed by atoms with E-state index in [0.29, 0.717) is 18.1 Å². The molecule has 27 heavy (non-hydrogen) atoms. The summed E-state index contributed by atoms with van der Waals surface area (Å²) in [6.07, 6.45) is 7.42. The minimum Gasteiger partial charge on any atom is -0.362 e. The topological polar surface area (TPSA) is 68.1 Å². The van der Waals surface area contributed by atoms with Gasteiger partial charge >= 0.3 is 0 Å². The highest BCUT2D eigenvalue weighted by Crippen LogP contribution is 2.32. The number of hydrogen-bond donors (Lipinski definition) is 1. The van der Waals surface area contributed by atoms with Gasteiger partial charge in [0.2, 0.25) is 0 Å². The molecular weight excluding hydrogens is 338 g/mol. The predicted octanol–water partition coefficient (Wildman–Crippen LogP) is 3.88. The van der Waals surface area contributed by atoms with Crippen molar-refractivity contribution in [1.82, 2.24) is 15.0 Å². The molecule has 1 aromatic heterocycles. The van der Waals surface area contributed by atoms with E-state index < -0.39 is 5.79 Å². The Morgan fingerprint density at radius 3 is 2.33 bits per heavy atom. The first-order valence-corrected chi connectivity index (χ1v) is 8.70. The number of aromatic nitrogens is 3. The maximum Gasteiger partial charge on any atom is 0.188 e. The molecule has 4 rings (SSSR count). The van der Waals surface area contributed by atoms with Crippen LogP contribution in [0.3, 0.4) is 0 Å². The van der Waals surface area contributed by atoms with Gasteiger partial charge < -0.3 is 9.84 Å². The van der Waals surface area contributed by atoms with Crippen LogP contribution in [0.15, 0.2) is 79.2 Å². The molecule has 0 aliphatic heterocycles. The van der Waals surface area contributed by atoms with E-state index in [0.717, 1.165) is 22.3 Å². The van der Waals surface area contributed by atoms with E-state index in [1.54, 1.807) is 6.08 Å². The lowest BCUT2D eigenvalue weighted by Gasteiger charge is -2.25. The Kier molecular flexibility index (Phi) is 4.62. The van der Waals surface area contributed by atoms with Crippen LogP contribution in [0, 0.1) is 0 Å². The molecule has 5 heteroatoms. The summed E-state index contributed by atoms with van der Waals surface area (Å²) in [4.78, 5) is 13.4. The number of ether oxygens (including phenoxy) is 1. The Bertz CT molecular complexity index is 1010. The molecule has 0 spiro atoms. The van der Waals surface area contributed by atoms with Crippen LogP contribution in [0.5, 0.6) is 0 Å². The first kappa shape index (κ1) is 17.3. The number of nitrogens with zero attached hydrogens (tertiary/aromatic N) is 3. The molecule has 0 saturated carbocycles. The van der Waals surface area contributed by atoms with Gasteiger partial charge in [0.05, 0.1) is 0 Å². The highest BCUT2D eigenvalue weighted by Gasteiger charge is 2.25. The summed E-state index contributed by atoms with van der Waals surface area (Å²) in [6.45, 7) is 0. The minimum absolute atomic E-state index is 0.385. The van der Waals surface area contributed by atoms with Gasteiger partial charge in [0.15, 0.2) is 17.4 Å². The number of methoxy groups -OCH3 is 1. The number of aliphatic hydroxyl groups is 1. The van der Waals surface area contributed by atoms with Crippen molar-refractivity contribution < 1.29 is 9.84 Å². The number of rotatable bonds is 4. The molecule has 0 fully saturated rings. The van der Waals surface area contributed by atoms with Crippen LogP contribution in [-0.2, 0) is 4.74 Å². The van der Waals surface area contributed by atoms with Crippen LogP contribution >= 0.6 is 0 Å². The molecule has 1 aliphatic carbocycles. The molecule has 1 N–H and O–H groups in total. The highest BCUT2D eigenvalue weighted by atomic mass is 16.6. The van der Waals surface area contributed by atoms with Crippen molar-refractivity contribution in [2.45, 2.75) is 12.2 Å². The van der Waals surface area contributed by atoms with Gasteiger partial charge in [-0.1, -0.05) is 66.7 Å². The summed E-state index contributed by atoms with van der Waals surface area (Å²) >= 11 is 0. The fraction of sp³-hybridized carbons (Fsp3) is 0.136. The van der Waals surface area contributed by atoms with Crippen LogP contribution in [0.4, 0.5) is 0 Å². The van der Waals surface area contributed by atoms with Crippen molar-refractivity contribution >= 4 is 5.57 Å². The largest absolute Gasteiger partial charge is 0.362 e. The lowest BCUT2D eigenvalue weighted by atomic mass is 9.93. The molecule has 1 aliphatic rings. The summed E-state index contributed by atoms with van der Waals surface area (Å²) in [6, 6.07) is 17.8. The van der Waals surface area contributed by atoms with Gasteiger partial charge in [-0.3, -0.25) is 0 Å². The van der Waals surface area contributed by atoms with Gasteiger partial charge in [0.25, 0.3) is 0 Å². The Balaban J connectivity index is 1.74. The molecule has 3 aromatic rings. The zero-order valence-electron chi connectivity index (χ0n) is 14.9. The fourth-order valence-corrected chi connectivity index (χ4v) is 3.05. The Hall–Kier alpha value is -3.15. The van der Waals surface area contributed by atoms with E-state index in [2.05, 4.69) is 15.0 Å². The van der Waals surface area contributed by atoms with Crippen molar-refractivity contribution in [1.29, 1.82) is 0 Å². The molecule has 0 bridgehead atoms. The van der Waals surface area contributed by atoms with Crippen molar-refractivity contribution in [3.8, 4) is 22.8 Å². The molecule has 1 unspecified atom stereocenters. The lowest BCUT2D eigenvalue weighted by molar-refractivity contribution is -0.143. The van der Waals surface area contributed by atoms with E-state index >= 15 is 0 Å². The van der Waals surface area contributed by atoms with Gasteiger partial charge in [-0.25, -0.2) is 15.0 Å². The molecule has 1 heterocycles. The fourth-order valence-electron chi connectivity index (χ4n) is 3.05. The number of benzene rings is 2. The second kappa shape index (κ2) is 7.23. The summed E-state index contributed by atoms with van der Waals surface area (Å²) in [5.41, 5.74) is 3.85. The summed E-state index contributed by atoms with van der Waals surface area (Å²) in [5, 5.41) is 10.2. The smallest absolute Gasteiger partial charge is 0.188 e. The molecule has 134 valence electrons. The second-order valence-electron chi connectivity index (χ2n) is 6.29. The van der Waals surface area contributed by atoms with Gasteiger partial charge in [-0.15, -0.1) is 0 Å². The molecule has 0 saturated heterocycles. The van der Waals surface area contributed by atoms with Crippen LogP contribution in [0.2, 0.25) is 0 Å². The highest BCUT2D eigenvalue weighted by molar-refractivity contribution is 5.84. The molecule has 2 aromatic carbocycles. The number of hydrogen-bond acceptors (Lipinski definition) is 5. The van der Waals surface area contributed by atoms with Crippen molar-refractivity contribution in [3.05, 3.63) is 84.7 Å². The molecular formula is C22H19N3O2. The maximum atomic E-state index is 10.2. The quantitative estimate of drug-likeness (QED) is 0.718. The zero-order valence-corrected chi connectivity index (χ0v) is 14.9. The standard InChI is InChI=1S/C22H19N3O2/c1-27-22(26)13-11-16(12-14-22)18-9-5-6-10-19(18)21-24-15-23-20(25-21)17-7-3-2-4-8-17/h2-13,15,26H,14H2,1H3. The van der Waals surface area contributed by atoms with Crippen LogP contribution in [0.1, 0.15) is 12.0 Å². The third kappa shape index (κ3) is 3.56. The summed E-state index contributed by atoms with van der Waals surface area (Å²) < 4.78 is 5.13. The normalized spacial score (nSPS) is 19.0. The maximum absolute atomic E-state index is 10.2. The predicted molar refractivity (Wildman–Crippen MR) is 104 cm³/mol. The van der Waals surface area contributed by atoms with E-state index in [-0.39, 0.29) is 0 Å². The number of allylic oxidation sites excluding steroid dienone is 2.